The molecule has 1 N–H and O–H groups in total. The average Bonchev–Trinajstić information content (AvgIpc) is 3.27. The molecule has 4 rings (SSSR count). The Labute approximate surface area is 155 Å². The van der Waals surface area contributed by atoms with Gasteiger partial charge in [-0.2, -0.15) is 24.5 Å². The van der Waals surface area contributed by atoms with Crippen LogP contribution in [0.2, 0.25) is 0 Å². The van der Waals surface area contributed by atoms with Gasteiger partial charge >= 0.3 is 12.1 Å². The number of rotatable bonds is 3. The molecular formula is C19H13F3N2O2S. The number of H-pyrrole nitrogens is 1. The summed E-state index contributed by atoms with van der Waals surface area (Å²) in [5.74, 6) is -0.702. The number of nitrogens with one attached hydrogen (secondary N) is 1. The van der Waals surface area contributed by atoms with Crippen molar-refractivity contribution in [3.05, 3.63) is 52.5 Å². The molecule has 1 aromatic carbocycles. The zero-order chi connectivity index (χ0) is 19.2. The Morgan fingerprint density at radius 1 is 1.26 bits per heavy atom. The van der Waals surface area contributed by atoms with Gasteiger partial charge in [-0.3, -0.25) is 0 Å². The van der Waals surface area contributed by atoms with E-state index in [0.29, 0.717) is 10.9 Å². The van der Waals surface area contributed by atoms with E-state index in [1.165, 1.54) is 17.4 Å². The number of carbonyl (C=O) groups excluding carboxylic acids is 1. The average molecular weight is 390 g/mol. The lowest BCUT2D eigenvalue weighted by Gasteiger charge is -2.11. The van der Waals surface area contributed by atoms with Crippen LogP contribution in [0, 0.1) is 0 Å². The van der Waals surface area contributed by atoms with E-state index < -0.39 is 17.8 Å². The van der Waals surface area contributed by atoms with E-state index in [1.54, 1.807) is 41.9 Å². The smallest absolute Gasteiger partial charge is 0.434 e. The van der Waals surface area contributed by atoms with Crippen molar-refractivity contribution in [2.24, 2.45) is 0 Å². The zero-order valence-corrected chi connectivity index (χ0v) is 14.9. The van der Waals surface area contributed by atoms with Gasteiger partial charge in [-0.25, -0.2) is 9.78 Å². The molecule has 4 nitrogen and oxygen atoms in total. The summed E-state index contributed by atoms with van der Waals surface area (Å²) in [5.41, 5.74) is 0.0632. The van der Waals surface area contributed by atoms with Crippen molar-refractivity contribution in [1.82, 2.24) is 9.97 Å². The van der Waals surface area contributed by atoms with Gasteiger partial charge in [0.1, 0.15) is 5.69 Å². The standard InChI is InChI=1S/C19H13F3N2O2S/c1-2-26-18(25)16-13(10-7-8-27-9-10)14-15(24-16)11-5-3-4-6-12(11)23-17(14)19(20,21)22/h3-9,24H,2H2,1H3. The Hall–Kier alpha value is -2.87. The number of halogens is 3. The molecule has 0 aliphatic heterocycles. The third-order valence-electron chi connectivity index (χ3n) is 4.20. The molecule has 8 heteroatoms. The van der Waals surface area contributed by atoms with Crippen molar-refractivity contribution in [2.45, 2.75) is 13.1 Å². The number of alkyl halides is 3. The lowest BCUT2D eigenvalue weighted by atomic mass is 10.0. The van der Waals surface area contributed by atoms with Crippen LogP contribution < -0.4 is 0 Å². The molecule has 0 aliphatic carbocycles. The molecule has 0 radical (unpaired) electrons. The summed E-state index contributed by atoms with van der Waals surface area (Å²) in [6.45, 7) is 1.76. The molecule has 4 aromatic rings. The predicted molar refractivity (Wildman–Crippen MR) is 97.9 cm³/mol. The Morgan fingerprint density at radius 3 is 2.70 bits per heavy atom. The van der Waals surface area contributed by atoms with Crippen LogP contribution in [0.15, 0.2) is 41.1 Å². The molecule has 138 valence electrons. The van der Waals surface area contributed by atoms with Gasteiger partial charge in [0.15, 0.2) is 5.69 Å². The largest absolute Gasteiger partial charge is 0.461 e. The fraction of sp³-hybridized carbons (Fsp3) is 0.158. The Balaban J connectivity index is 2.21. The maximum Gasteiger partial charge on any atom is 0.434 e. The van der Waals surface area contributed by atoms with Crippen LogP contribution in [-0.4, -0.2) is 22.5 Å². The molecule has 3 aromatic heterocycles. The Morgan fingerprint density at radius 2 is 2.04 bits per heavy atom. The minimum Gasteiger partial charge on any atom is -0.461 e. The highest BCUT2D eigenvalue weighted by Crippen LogP contribution is 2.43. The summed E-state index contributed by atoms with van der Waals surface area (Å²) in [5, 5.41) is 3.82. The molecule has 0 amide bonds. The first-order chi connectivity index (χ1) is 12.9. The quantitative estimate of drug-likeness (QED) is 0.461. The number of pyridine rings is 1. The van der Waals surface area contributed by atoms with Crippen LogP contribution in [0.1, 0.15) is 23.1 Å². The van der Waals surface area contributed by atoms with Crippen molar-refractivity contribution < 1.29 is 22.7 Å². The number of carbonyl (C=O) groups is 1. The molecule has 0 spiro atoms. The number of hydrogen-bond donors (Lipinski definition) is 1. The SMILES string of the molecule is CCOC(=O)c1[nH]c2c(c(C(F)(F)F)nc3ccccc32)c1-c1ccsc1. The maximum atomic E-state index is 13.8. The molecule has 0 unspecified atom stereocenters. The predicted octanol–water partition coefficient (Wildman–Crippen LogP) is 5.64. The van der Waals surface area contributed by atoms with E-state index in [-0.39, 0.29) is 34.3 Å². The van der Waals surface area contributed by atoms with Gasteiger partial charge in [-0.1, -0.05) is 18.2 Å². The van der Waals surface area contributed by atoms with Gasteiger partial charge in [0.25, 0.3) is 0 Å². The van der Waals surface area contributed by atoms with Crippen LogP contribution in [0.3, 0.4) is 0 Å². The van der Waals surface area contributed by atoms with Crippen LogP contribution in [0.5, 0.6) is 0 Å². The molecule has 0 aliphatic rings. The van der Waals surface area contributed by atoms with Gasteiger partial charge in [-0.15, -0.1) is 0 Å². The molecule has 0 fully saturated rings. The number of hydrogen-bond acceptors (Lipinski definition) is 4. The topological polar surface area (TPSA) is 55.0 Å². The fourth-order valence-electron chi connectivity index (χ4n) is 3.15. The minimum atomic E-state index is -4.68. The number of thiophene rings is 1. The second kappa shape index (κ2) is 6.38. The van der Waals surface area contributed by atoms with E-state index in [0.717, 1.165) is 0 Å². The second-order valence-corrected chi connectivity index (χ2v) is 6.61. The highest BCUT2D eigenvalue weighted by molar-refractivity contribution is 7.08. The number of ether oxygens (including phenoxy) is 1. The summed E-state index contributed by atoms with van der Waals surface area (Å²) in [4.78, 5) is 19.2. The van der Waals surface area contributed by atoms with Crippen LogP contribution in [0.25, 0.3) is 32.9 Å². The fourth-order valence-corrected chi connectivity index (χ4v) is 3.80. The second-order valence-electron chi connectivity index (χ2n) is 5.83. The summed E-state index contributed by atoms with van der Waals surface area (Å²) < 4.78 is 46.6. The van der Waals surface area contributed by atoms with Crippen molar-refractivity contribution in [3.8, 4) is 11.1 Å². The number of para-hydroxylation sites is 1. The van der Waals surface area contributed by atoms with Gasteiger partial charge in [0.05, 0.1) is 17.6 Å². The normalized spacial score (nSPS) is 12.0. The lowest BCUT2D eigenvalue weighted by molar-refractivity contribution is -0.139. The first-order valence-corrected chi connectivity index (χ1v) is 9.07. The van der Waals surface area contributed by atoms with Gasteiger partial charge in [0, 0.05) is 16.3 Å². The monoisotopic (exact) mass is 390 g/mol. The highest BCUT2D eigenvalue weighted by atomic mass is 32.1. The zero-order valence-electron chi connectivity index (χ0n) is 14.1. The van der Waals surface area contributed by atoms with Gasteiger partial charge in [-0.05, 0) is 35.4 Å². The third-order valence-corrected chi connectivity index (χ3v) is 4.88. The molecule has 0 atom stereocenters. The summed E-state index contributed by atoms with van der Waals surface area (Å²) in [6, 6.07) is 8.19. The summed E-state index contributed by atoms with van der Waals surface area (Å²) in [6.07, 6.45) is -4.68. The van der Waals surface area contributed by atoms with E-state index in [4.69, 9.17) is 4.74 Å². The number of benzene rings is 1. The Bertz CT molecular complexity index is 1150. The minimum absolute atomic E-state index is 0.00565. The third kappa shape index (κ3) is 2.86. The van der Waals surface area contributed by atoms with Crippen LogP contribution >= 0.6 is 11.3 Å². The highest BCUT2D eigenvalue weighted by Gasteiger charge is 2.38. The van der Waals surface area contributed by atoms with Crippen LogP contribution in [-0.2, 0) is 10.9 Å². The van der Waals surface area contributed by atoms with E-state index in [1.807, 2.05) is 0 Å². The number of aromatic amines is 1. The first kappa shape index (κ1) is 17.5. The van der Waals surface area contributed by atoms with E-state index in [9.17, 15) is 18.0 Å². The van der Waals surface area contributed by atoms with Crippen molar-refractivity contribution in [2.75, 3.05) is 6.61 Å². The number of esters is 1. The molecule has 0 bridgehead atoms. The van der Waals surface area contributed by atoms with Gasteiger partial charge in [0.2, 0.25) is 0 Å². The summed E-state index contributed by atoms with van der Waals surface area (Å²) in [7, 11) is 0. The van der Waals surface area contributed by atoms with E-state index in [2.05, 4.69) is 9.97 Å². The number of nitrogens with zero attached hydrogens (tertiary/aromatic N) is 1. The lowest BCUT2D eigenvalue weighted by Crippen LogP contribution is -2.09. The molecule has 0 saturated heterocycles. The first-order valence-electron chi connectivity index (χ1n) is 8.13. The number of fused-ring (bicyclic) bond motifs is 3. The van der Waals surface area contributed by atoms with Crippen molar-refractivity contribution in [1.29, 1.82) is 0 Å². The van der Waals surface area contributed by atoms with E-state index >= 15 is 0 Å². The van der Waals surface area contributed by atoms with Gasteiger partial charge < -0.3 is 9.72 Å². The number of aromatic nitrogens is 2. The summed E-state index contributed by atoms with van der Waals surface area (Å²) >= 11 is 1.33. The Kier molecular flexibility index (Phi) is 4.15. The van der Waals surface area contributed by atoms with Crippen molar-refractivity contribution >= 4 is 39.1 Å². The maximum absolute atomic E-state index is 13.8. The molecule has 3 heterocycles. The van der Waals surface area contributed by atoms with Crippen LogP contribution in [0.4, 0.5) is 13.2 Å². The molecule has 0 saturated carbocycles. The molecule has 27 heavy (non-hydrogen) atoms. The molecular weight excluding hydrogens is 377 g/mol. The van der Waals surface area contributed by atoms with Crippen molar-refractivity contribution in [3.63, 3.8) is 0 Å².